The zero-order valence-corrected chi connectivity index (χ0v) is 18.5. The second-order valence-corrected chi connectivity index (χ2v) is 7.74. The number of aromatic nitrogens is 5. The van der Waals surface area contributed by atoms with E-state index in [1.165, 1.54) is 11.7 Å². The summed E-state index contributed by atoms with van der Waals surface area (Å²) in [6.45, 7) is 8.19. The predicted molar refractivity (Wildman–Crippen MR) is 114 cm³/mol. The fourth-order valence-corrected chi connectivity index (χ4v) is 3.78. The number of pyridine rings is 1. The molecule has 0 aliphatic carbocycles. The van der Waals surface area contributed by atoms with Crippen LogP contribution in [0.4, 0.5) is 5.95 Å². The third-order valence-corrected chi connectivity index (χ3v) is 5.30. The summed E-state index contributed by atoms with van der Waals surface area (Å²) in [4.78, 5) is 21.6. The molecule has 30 heavy (non-hydrogen) atoms. The Morgan fingerprint density at radius 3 is 2.67 bits per heavy atom. The Bertz CT molecular complexity index is 1210. The van der Waals surface area contributed by atoms with Crippen LogP contribution in [0.15, 0.2) is 22.6 Å². The van der Waals surface area contributed by atoms with Crippen molar-refractivity contribution >= 4 is 28.7 Å². The van der Waals surface area contributed by atoms with Crippen LogP contribution in [0.3, 0.4) is 0 Å². The van der Waals surface area contributed by atoms with E-state index in [0.717, 1.165) is 15.9 Å². The molecule has 0 saturated heterocycles. The standard InChI is InChI=1S/C20H26ClN6O3/c1-11(2)7-6-8-25-15-17(21)23-19(22)24-18(15)26(20(25)28)9-14-10-27(29)13(4)16(30-5)12(14)3/h7,10,29H,6,8-9H2,1-5H3,(H2,22,23,24)/q+1. The van der Waals surface area contributed by atoms with Crippen molar-refractivity contribution in [3.05, 3.63) is 50.3 Å². The highest BCUT2D eigenvalue weighted by Crippen LogP contribution is 2.25. The number of ether oxygens (including phenoxy) is 1. The van der Waals surface area contributed by atoms with E-state index in [4.69, 9.17) is 22.1 Å². The summed E-state index contributed by atoms with van der Waals surface area (Å²) < 4.78 is 9.45. The molecule has 3 aromatic heterocycles. The van der Waals surface area contributed by atoms with Gasteiger partial charge in [-0.05, 0) is 27.2 Å². The van der Waals surface area contributed by atoms with Crippen LogP contribution in [0.5, 0.6) is 5.75 Å². The first-order chi connectivity index (χ1) is 14.1. The normalized spacial score (nSPS) is 11.1. The van der Waals surface area contributed by atoms with Gasteiger partial charge in [-0.15, -0.1) is 0 Å². The van der Waals surface area contributed by atoms with Gasteiger partial charge in [0.05, 0.1) is 13.7 Å². The molecule has 3 N–H and O–H groups in total. The highest BCUT2D eigenvalue weighted by Gasteiger charge is 2.24. The van der Waals surface area contributed by atoms with Crippen molar-refractivity contribution in [1.29, 1.82) is 0 Å². The van der Waals surface area contributed by atoms with Gasteiger partial charge in [0.1, 0.15) is 5.52 Å². The first-order valence-electron chi connectivity index (χ1n) is 9.49. The quantitative estimate of drug-likeness (QED) is 0.267. The number of fused-ring (bicyclic) bond motifs is 1. The van der Waals surface area contributed by atoms with Crippen molar-refractivity contribution in [2.24, 2.45) is 0 Å². The monoisotopic (exact) mass is 433 g/mol. The summed E-state index contributed by atoms with van der Waals surface area (Å²) in [5.41, 5.74) is 9.53. The molecular formula is C20H26ClN6O3+. The van der Waals surface area contributed by atoms with Gasteiger partial charge in [0.25, 0.3) is 5.69 Å². The van der Waals surface area contributed by atoms with Crippen molar-refractivity contribution < 1.29 is 14.7 Å². The molecule has 9 nitrogen and oxygen atoms in total. The van der Waals surface area contributed by atoms with Gasteiger partial charge in [0.15, 0.2) is 16.5 Å². The molecular weight excluding hydrogens is 408 g/mol. The van der Waals surface area contributed by atoms with E-state index in [-0.39, 0.29) is 23.3 Å². The number of rotatable bonds is 6. The summed E-state index contributed by atoms with van der Waals surface area (Å²) in [5.74, 6) is 0.528. The van der Waals surface area contributed by atoms with E-state index in [0.29, 0.717) is 41.1 Å². The molecule has 160 valence electrons. The Morgan fingerprint density at radius 1 is 1.33 bits per heavy atom. The SMILES string of the molecule is COc1c(C)c(Cn2c(=O)n(CCC=C(C)C)c3c(Cl)nc(N)nc32)c[n+](O)c1C. The highest BCUT2D eigenvalue weighted by molar-refractivity contribution is 6.33. The smallest absolute Gasteiger partial charge is 0.330 e. The molecule has 3 heterocycles. The zero-order valence-electron chi connectivity index (χ0n) is 17.7. The summed E-state index contributed by atoms with van der Waals surface area (Å²) in [6, 6.07) is 0. The van der Waals surface area contributed by atoms with Gasteiger partial charge in [-0.3, -0.25) is 14.3 Å². The van der Waals surface area contributed by atoms with Crippen LogP contribution in [0, 0.1) is 13.8 Å². The minimum absolute atomic E-state index is 0.0156. The average molecular weight is 434 g/mol. The number of imidazole rings is 1. The molecule has 0 atom stereocenters. The van der Waals surface area contributed by atoms with Crippen LogP contribution >= 0.6 is 11.6 Å². The molecule has 0 bridgehead atoms. The number of allylic oxidation sites excluding steroid dienone is 2. The number of nitrogens with zero attached hydrogens (tertiary/aromatic N) is 5. The largest absolute Gasteiger partial charge is 0.490 e. The molecule has 0 fully saturated rings. The first-order valence-corrected chi connectivity index (χ1v) is 9.86. The van der Waals surface area contributed by atoms with E-state index in [1.54, 1.807) is 17.7 Å². The van der Waals surface area contributed by atoms with Crippen molar-refractivity contribution in [3.63, 3.8) is 0 Å². The van der Waals surface area contributed by atoms with Crippen LogP contribution in [-0.2, 0) is 13.1 Å². The zero-order chi connectivity index (χ0) is 22.2. The molecule has 0 aliphatic heterocycles. The number of anilines is 1. The molecule has 0 saturated carbocycles. The lowest BCUT2D eigenvalue weighted by Crippen LogP contribution is -2.35. The average Bonchev–Trinajstić information content (AvgIpc) is 2.92. The van der Waals surface area contributed by atoms with Crippen LogP contribution in [-0.4, -0.2) is 31.4 Å². The van der Waals surface area contributed by atoms with Gasteiger partial charge in [-0.2, -0.15) is 9.97 Å². The molecule has 0 spiro atoms. The number of nitrogen functional groups attached to an aromatic ring is 1. The maximum Gasteiger partial charge on any atom is 0.330 e. The summed E-state index contributed by atoms with van der Waals surface area (Å²) in [6.07, 6.45) is 4.26. The minimum Gasteiger partial charge on any atom is -0.490 e. The van der Waals surface area contributed by atoms with E-state index < -0.39 is 0 Å². The Labute approximate surface area is 179 Å². The lowest BCUT2D eigenvalue weighted by atomic mass is 10.1. The number of aryl methyl sites for hydroxylation is 1. The fraction of sp³-hybridized carbons (Fsp3) is 0.400. The molecule has 0 radical (unpaired) electrons. The van der Waals surface area contributed by atoms with Gasteiger partial charge in [0.2, 0.25) is 12.1 Å². The topological polar surface area (TPSA) is 112 Å². The molecule has 0 amide bonds. The van der Waals surface area contributed by atoms with Crippen LogP contribution in [0.2, 0.25) is 5.15 Å². The van der Waals surface area contributed by atoms with Gasteiger partial charge >= 0.3 is 5.69 Å². The Kier molecular flexibility index (Phi) is 6.02. The van der Waals surface area contributed by atoms with E-state index in [1.807, 2.05) is 26.8 Å². The number of hydrogen-bond acceptors (Lipinski definition) is 6. The lowest BCUT2D eigenvalue weighted by Gasteiger charge is -2.10. The van der Waals surface area contributed by atoms with Crippen LogP contribution < -0.4 is 20.9 Å². The van der Waals surface area contributed by atoms with Gasteiger partial charge in [-0.1, -0.05) is 23.3 Å². The summed E-state index contributed by atoms with van der Waals surface area (Å²) >= 11 is 6.34. The first kappa shape index (κ1) is 21.6. The Hall–Kier alpha value is -3.07. The highest BCUT2D eigenvalue weighted by atomic mass is 35.5. The van der Waals surface area contributed by atoms with Gasteiger partial charge < -0.3 is 10.5 Å². The minimum atomic E-state index is -0.280. The molecule has 3 rings (SSSR count). The van der Waals surface area contributed by atoms with Crippen molar-refractivity contribution in [1.82, 2.24) is 19.1 Å². The molecule has 3 aromatic rings. The van der Waals surface area contributed by atoms with Crippen molar-refractivity contribution in [3.8, 4) is 5.75 Å². The number of methoxy groups -OCH3 is 1. The van der Waals surface area contributed by atoms with Crippen molar-refractivity contribution in [2.75, 3.05) is 12.8 Å². The second kappa shape index (κ2) is 8.35. The van der Waals surface area contributed by atoms with Crippen molar-refractivity contribution in [2.45, 2.75) is 47.2 Å². The third-order valence-electron chi connectivity index (χ3n) is 5.04. The van der Waals surface area contributed by atoms with Crippen LogP contribution in [0.25, 0.3) is 11.2 Å². The predicted octanol–water partition coefficient (Wildman–Crippen LogP) is 2.38. The summed E-state index contributed by atoms with van der Waals surface area (Å²) in [7, 11) is 1.54. The maximum absolute atomic E-state index is 13.3. The van der Waals surface area contributed by atoms with Gasteiger partial charge in [-0.25, -0.2) is 4.79 Å². The third kappa shape index (κ3) is 3.85. The molecule has 0 unspecified atom stereocenters. The maximum atomic E-state index is 13.3. The Balaban J connectivity index is 2.20. The fourth-order valence-electron chi connectivity index (χ4n) is 3.51. The Morgan fingerprint density at radius 2 is 2.03 bits per heavy atom. The number of nitrogens with two attached hydrogens (primary N) is 1. The molecule has 0 aliphatic rings. The van der Waals surface area contributed by atoms with Gasteiger partial charge in [0, 0.05) is 29.3 Å². The molecule has 0 aromatic carbocycles. The lowest BCUT2D eigenvalue weighted by molar-refractivity contribution is -0.909. The number of hydrogen-bond donors (Lipinski definition) is 2. The summed E-state index contributed by atoms with van der Waals surface area (Å²) in [5, 5.41) is 10.4. The van der Waals surface area contributed by atoms with E-state index in [2.05, 4.69) is 9.97 Å². The van der Waals surface area contributed by atoms with E-state index in [9.17, 15) is 10.0 Å². The number of halogens is 1. The van der Waals surface area contributed by atoms with E-state index >= 15 is 0 Å². The van der Waals surface area contributed by atoms with Crippen LogP contribution in [0.1, 0.15) is 37.1 Å². The molecule has 10 heteroatoms. The second-order valence-electron chi connectivity index (χ2n) is 7.38.